The maximum absolute atomic E-state index is 13.2. The highest BCUT2D eigenvalue weighted by Crippen LogP contribution is 2.67. The summed E-state index contributed by atoms with van der Waals surface area (Å²) in [5, 5.41) is 27.9. The number of esters is 2. The second-order valence-corrected chi connectivity index (χ2v) is 14.5. The van der Waals surface area contributed by atoms with Gasteiger partial charge < -0.3 is 39.8 Å². The van der Waals surface area contributed by atoms with Crippen LogP contribution in [-0.4, -0.2) is 69.6 Å². The lowest BCUT2D eigenvalue weighted by Crippen LogP contribution is -2.67. The van der Waals surface area contributed by atoms with E-state index in [0.29, 0.717) is 25.0 Å². The van der Waals surface area contributed by atoms with Crippen molar-refractivity contribution in [3.8, 4) is 11.5 Å². The molecule has 12 heteroatoms. The molecule has 0 saturated heterocycles. The Kier molecular flexibility index (Phi) is 8.82. The summed E-state index contributed by atoms with van der Waals surface area (Å²) in [7, 11) is 0. The van der Waals surface area contributed by atoms with Crippen LogP contribution in [-0.2, 0) is 40.4 Å². The molecular formula is C34H46N2O10. The third-order valence-corrected chi connectivity index (χ3v) is 9.53. The molecule has 4 N–H and O–H groups in total. The van der Waals surface area contributed by atoms with Gasteiger partial charge in [-0.25, -0.2) is 14.4 Å². The minimum absolute atomic E-state index is 0.0001000. The largest absolute Gasteiger partial charge is 0.504 e. The average Bonchev–Trinajstić information content (AvgIpc) is 3.29. The van der Waals surface area contributed by atoms with Crippen molar-refractivity contribution in [3.63, 3.8) is 0 Å². The molecular weight excluding hydrogens is 596 g/mol. The molecule has 7 atom stereocenters. The Morgan fingerprint density at radius 2 is 1.80 bits per heavy atom. The summed E-state index contributed by atoms with van der Waals surface area (Å²) in [5.41, 5.74) is -0.936. The predicted octanol–water partition coefficient (Wildman–Crippen LogP) is 3.68. The van der Waals surface area contributed by atoms with Gasteiger partial charge in [0.05, 0.1) is 11.0 Å². The van der Waals surface area contributed by atoms with Crippen LogP contribution in [0.25, 0.3) is 0 Å². The van der Waals surface area contributed by atoms with Gasteiger partial charge in [0.1, 0.15) is 23.4 Å². The lowest BCUT2D eigenvalue weighted by Gasteiger charge is -2.59. The zero-order valence-electron chi connectivity index (χ0n) is 27.6. The molecule has 1 aromatic rings. The molecule has 0 radical (unpaired) electrons. The van der Waals surface area contributed by atoms with Crippen molar-refractivity contribution in [2.24, 2.45) is 11.8 Å². The highest BCUT2D eigenvalue weighted by molar-refractivity contribution is 5.90. The van der Waals surface area contributed by atoms with Crippen LogP contribution in [0, 0.1) is 11.8 Å². The highest BCUT2D eigenvalue weighted by atomic mass is 16.6. The minimum atomic E-state index is -1.34. The fourth-order valence-electron chi connectivity index (χ4n) is 7.58. The summed E-state index contributed by atoms with van der Waals surface area (Å²) in [6.07, 6.45) is 2.28. The second-order valence-electron chi connectivity index (χ2n) is 14.5. The van der Waals surface area contributed by atoms with Crippen LogP contribution in [0.1, 0.15) is 91.7 Å². The van der Waals surface area contributed by atoms with E-state index in [0.717, 1.165) is 24.0 Å². The van der Waals surface area contributed by atoms with Crippen molar-refractivity contribution in [2.45, 2.75) is 128 Å². The Bertz CT molecular complexity index is 1450. The molecule has 1 saturated carbocycles. The van der Waals surface area contributed by atoms with Gasteiger partial charge >= 0.3 is 18.0 Å². The van der Waals surface area contributed by atoms with Gasteiger partial charge in [-0.3, -0.25) is 4.79 Å². The van der Waals surface area contributed by atoms with E-state index in [9.17, 15) is 29.4 Å². The zero-order chi connectivity index (χ0) is 33.8. The van der Waals surface area contributed by atoms with Crippen LogP contribution < -0.4 is 15.4 Å². The van der Waals surface area contributed by atoms with E-state index in [1.807, 2.05) is 19.9 Å². The maximum atomic E-state index is 13.2. The Morgan fingerprint density at radius 1 is 1.09 bits per heavy atom. The molecule has 1 aromatic carbocycles. The molecule has 0 aromatic heterocycles. The Labute approximate surface area is 269 Å². The topological polar surface area (TPSA) is 170 Å². The number of rotatable bonds is 9. The van der Waals surface area contributed by atoms with Gasteiger partial charge in [0.15, 0.2) is 23.7 Å². The number of aromatic hydroxyl groups is 1. The van der Waals surface area contributed by atoms with Crippen LogP contribution >= 0.6 is 0 Å². The first kappa shape index (κ1) is 33.6. The molecule has 2 bridgehead atoms. The second kappa shape index (κ2) is 12.1. The number of phenols is 1. The first-order chi connectivity index (χ1) is 21.5. The van der Waals surface area contributed by atoms with Gasteiger partial charge in [0.25, 0.3) is 0 Å². The van der Waals surface area contributed by atoms with E-state index in [1.54, 1.807) is 32.9 Å². The quantitative estimate of drug-likeness (QED) is 0.230. The SMILES string of the molecule is CC(C)C[C@H](NC(=O)OC(C)(C)C)C(=O)N[C@@H](C)C(=O)O[C@@H](C)C(=O)OC1=CC[C@@]2(O)[C@@H]3CCC[C@@]24c2c(ccc(O)c2O[C@@H]14)C3. The Morgan fingerprint density at radius 3 is 2.48 bits per heavy atom. The third-order valence-electron chi connectivity index (χ3n) is 9.53. The van der Waals surface area contributed by atoms with Crippen LogP contribution in [0.4, 0.5) is 4.79 Å². The number of carbonyl (C=O) groups is 4. The molecule has 1 aliphatic heterocycles. The van der Waals surface area contributed by atoms with Crippen molar-refractivity contribution >= 4 is 23.9 Å². The van der Waals surface area contributed by atoms with Gasteiger partial charge in [-0.15, -0.1) is 0 Å². The number of alkyl carbamates (subject to hydrolysis) is 1. The first-order valence-electron chi connectivity index (χ1n) is 16.1. The van der Waals surface area contributed by atoms with Crippen LogP contribution in [0.2, 0.25) is 0 Å². The van der Waals surface area contributed by atoms with E-state index in [2.05, 4.69) is 10.6 Å². The lowest BCUT2D eigenvalue weighted by atomic mass is 9.47. The monoisotopic (exact) mass is 642 g/mol. The maximum Gasteiger partial charge on any atom is 0.408 e. The number of nitrogens with one attached hydrogen (secondary N) is 2. The number of hydrogen-bond acceptors (Lipinski definition) is 10. The molecule has 2 amide bonds. The highest BCUT2D eigenvalue weighted by Gasteiger charge is 2.71. The predicted molar refractivity (Wildman–Crippen MR) is 165 cm³/mol. The smallest absolute Gasteiger partial charge is 0.408 e. The summed E-state index contributed by atoms with van der Waals surface area (Å²) >= 11 is 0. The Hall–Kier alpha value is -3.80. The summed E-state index contributed by atoms with van der Waals surface area (Å²) in [6, 6.07) is 1.37. The molecule has 0 unspecified atom stereocenters. The summed E-state index contributed by atoms with van der Waals surface area (Å²) < 4.78 is 22.7. The molecule has 46 heavy (non-hydrogen) atoms. The molecule has 3 aliphatic carbocycles. The number of amides is 2. The van der Waals surface area contributed by atoms with Gasteiger partial charge in [0.2, 0.25) is 5.91 Å². The number of aliphatic hydroxyl groups is 1. The molecule has 252 valence electrons. The van der Waals surface area contributed by atoms with E-state index >= 15 is 0 Å². The van der Waals surface area contributed by atoms with Crippen molar-refractivity contribution < 1.29 is 48.3 Å². The van der Waals surface area contributed by atoms with E-state index in [-0.39, 0.29) is 29.8 Å². The van der Waals surface area contributed by atoms with Crippen molar-refractivity contribution in [1.29, 1.82) is 0 Å². The fourth-order valence-corrected chi connectivity index (χ4v) is 7.58. The van der Waals surface area contributed by atoms with Crippen molar-refractivity contribution in [2.75, 3.05) is 0 Å². The Balaban J connectivity index is 1.23. The number of benzene rings is 1. The number of carbonyl (C=O) groups excluding carboxylic acids is 4. The standard InChI is InChI=1S/C34H46N2O10/c1-17(2)15-22(36-31(41)46-32(5,6)7)28(38)35-18(3)29(39)43-19(4)30(40)44-24-12-14-34(42)21-9-8-13-33(34)25-20(16-21)10-11-23(37)26(25)45-27(24)33/h10-12,17-19,21-22,27,37,42H,8-9,13-16H2,1-7H3,(H,35,38)(H,36,41)/t18-,19-,21+,22-,27-,33-,34+/m0/s1. The van der Waals surface area contributed by atoms with Gasteiger partial charge in [-0.1, -0.05) is 26.3 Å². The van der Waals surface area contributed by atoms with Crippen molar-refractivity contribution in [3.05, 3.63) is 35.1 Å². The summed E-state index contributed by atoms with van der Waals surface area (Å²) in [4.78, 5) is 51.5. The van der Waals surface area contributed by atoms with Crippen molar-refractivity contribution in [1.82, 2.24) is 10.6 Å². The zero-order valence-corrected chi connectivity index (χ0v) is 27.6. The summed E-state index contributed by atoms with van der Waals surface area (Å²) in [5.74, 6) is -1.79. The van der Waals surface area contributed by atoms with Crippen LogP contribution in [0.5, 0.6) is 11.5 Å². The van der Waals surface area contributed by atoms with E-state index in [1.165, 1.54) is 13.8 Å². The molecule has 12 nitrogen and oxygen atoms in total. The normalized spacial score (nSPS) is 27.6. The molecule has 5 rings (SSSR count). The summed E-state index contributed by atoms with van der Waals surface area (Å²) in [6.45, 7) is 11.7. The first-order valence-corrected chi connectivity index (χ1v) is 16.1. The van der Waals surface area contributed by atoms with Gasteiger partial charge in [-0.05, 0) is 96.3 Å². The third kappa shape index (κ3) is 5.91. The molecule has 1 fully saturated rings. The lowest BCUT2D eigenvalue weighted by molar-refractivity contribution is -0.172. The molecule has 4 aliphatic rings. The fraction of sp³-hybridized carbons (Fsp3) is 0.647. The number of phenolic OH excluding ortho intramolecular Hbond substituents is 1. The van der Waals surface area contributed by atoms with Gasteiger partial charge in [-0.2, -0.15) is 0 Å². The molecule has 1 heterocycles. The van der Waals surface area contributed by atoms with Crippen LogP contribution in [0.3, 0.4) is 0 Å². The van der Waals surface area contributed by atoms with Crippen LogP contribution in [0.15, 0.2) is 24.0 Å². The molecule has 1 spiro atoms. The number of ether oxygens (including phenoxy) is 4. The average molecular weight is 643 g/mol. The van der Waals surface area contributed by atoms with Gasteiger partial charge in [0, 0.05) is 5.56 Å². The van der Waals surface area contributed by atoms with E-state index in [4.69, 9.17) is 18.9 Å². The van der Waals surface area contributed by atoms with E-state index < -0.39 is 64.8 Å². The number of hydrogen-bond donors (Lipinski definition) is 4. The minimum Gasteiger partial charge on any atom is -0.504 e.